The zero-order valence-corrected chi connectivity index (χ0v) is 16.7. The summed E-state index contributed by atoms with van der Waals surface area (Å²) in [7, 11) is -2.75. The van der Waals surface area contributed by atoms with Crippen molar-refractivity contribution in [3.05, 3.63) is 77.0 Å². The van der Waals surface area contributed by atoms with Gasteiger partial charge in [-0.1, -0.05) is 23.7 Å². The molecule has 29 heavy (non-hydrogen) atoms. The Labute approximate surface area is 171 Å². The summed E-state index contributed by atoms with van der Waals surface area (Å²) in [5.41, 5.74) is 0.0850. The fraction of sp³-hybridized carbons (Fsp3) is 0.105. The number of ether oxygens (including phenoxy) is 1. The number of methoxy groups -OCH3 is 1. The second-order valence-corrected chi connectivity index (χ2v) is 7.97. The van der Waals surface area contributed by atoms with Crippen molar-refractivity contribution in [3.63, 3.8) is 0 Å². The Morgan fingerprint density at radius 3 is 2.62 bits per heavy atom. The highest BCUT2D eigenvalue weighted by atomic mass is 35.5. The van der Waals surface area contributed by atoms with Crippen LogP contribution in [0.15, 0.2) is 63.9 Å². The van der Waals surface area contributed by atoms with Crippen LogP contribution < -0.4 is 10.0 Å². The van der Waals surface area contributed by atoms with Crippen molar-refractivity contribution in [1.82, 2.24) is 0 Å². The summed E-state index contributed by atoms with van der Waals surface area (Å²) < 4.78 is 51.6. The average molecular weight is 439 g/mol. The molecule has 10 heteroatoms. The monoisotopic (exact) mass is 438 g/mol. The van der Waals surface area contributed by atoms with Crippen LogP contribution in [-0.4, -0.2) is 21.4 Å². The average Bonchev–Trinajstić information content (AvgIpc) is 3.13. The van der Waals surface area contributed by atoms with Crippen LogP contribution >= 0.6 is 11.6 Å². The Morgan fingerprint density at radius 2 is 1.90 bits per heavy atom. The molecule has 2 N–H and O–H groups in total. The molecule has 0 bridgehead atoms. The molecular formula is C19H16ClFN2O5S. The Morgan fingerprint density at radius 1 is 1.14 bits per heavy atom. The van der Waals surface area contributed by atoms with Crippen LogP contribution in [0.2, 0.25) is 5.02 Å². The molecule has 7 nitrogen and oxygen atoms in total. The molecule has 152 valence electrons. The van der Waals surface area contributed by atoms with Gasteiger partial charge >= 0.3 is 0 Å². The van der Waals surface area contributed by atoms with E-state index in [1.807, 2.05) is 0 Å². The number of anilines is 2. The molecule has 0 saturated heterocycles. The molecule has 1 amide bonds. The zero-order valence-electron chi connectivity index (χ0n) is 15.1. The number of rotatable bonds is 7. The molecule has 3 aromatic rings. The number of nitrogens with one attached hydrogen (secondary N) is 2. The summed E-state index contributed by atoms with van der Waals surface area (Å²) in [6.07, 6.45) is 0. The van der Waals surface area contributed by atoms with E-state index in [0.29, 0.717) is 5.76 Å². The Hall–Kier alpha value is -2.88. The molecule has 3 rings (SSSR count). The summed E-state index contributed by atoms with van der Waals surface area (Å²) in [6.45, 7) is 0.193. The number of sulfonamides is 1. The maximum absolute atomic E-state index is 13.9. The van der Waals surface area contributed by atoms with E-state index in [9.17, 15) is 17.6 Å². The molecule has 1 heterocycles. The maximum Gasteiger partial charge on any atom is 0.291 e. The Bertz CT molecular complexity index is 1150. The van der Waals surface area contributed by atoms with Gasteiger partial charge < -0.3 is 14.5 Å². The van der Waals surface area contributed by atoms with Gasteiger partial charge in [0.2, 0.25) is 0 Å². The second kappa shape index (κ2) is 8.64. The van der Waals surface area contributed by atoms with Gasteiger partial charge in [0.05, 0.1) is 11.4 Å². The molecule has 0 atom stereocenters. The molecular weight excluding hydrogens is 423 g/mol. The first-order valence-electron chi connectivity index (χ1n) is 8.26. The van der Waals surface area contributed by atoms with Crippen LogP contribution in [-0.2, 0) is 21.4 Å². The predicted octanol–water partition coefficient (Wildman–Crippen LogP) is 4.27. The lowest BCUT2D eigenvalue weighted by molar-refractivity contribution is 0.0987. The first-order valence-corrected chi connectivity index (χ1v) is 10.1. The van der Waals surface area contributed by atoms with E-state index in [-0.39, 0.29) is 28.8 Å². The highest BCUT2D eigenvalue weighted by Crippen LogP contribution is 2.29. The number of benzene rings is 2. The number of carbonyl (C=O) groups excluding carboxylic acids is 1. The fourth-order valence-corrected chi connectivity index (χ4v) is 3.81. The van der Waals surface area contributed by atoms with Gasteiger partial charge in [-0.25, -0.2) is 12.8 Å². The van der Waals surface area contributed by atoms with Crippen LogP contribution in [0.4, 0.5) is 15.8 Å². The Kier molecular flexibility index (Phi) is 6.21. The quantitative estimate of drug-likeness (QED) is 0.574. The molecule has 0 aliphatic carbocycles. The first-order chi connectivity index (χ1) is 13.8. The van der Waals surface area contributed by atoms with Crippen LogP contribution in [0.25, 0.3) is 0 Å². The third-order valence-corrected chi connectivity index (χ3v) is 5.41. The molecule has 0 aliphatic rings. The van der Waals surface area contributed by atoms with Gasteiger partial charge in [-0.2, -0.15) is 0 Å². The van der Waals surface area contributed by atoms with E-state index >= 15 is 0 Å². The van der Waals surface area contributed by atoms with E-state index in [2.05, 4.69) is 10.0 Å². The van der Waals surface area contributed by atoms with Crippen molar-refractivity contribution in [3.8, 4) is 0 Å². The van der Waals surface area contributed by atoms with Crippen molar-refractivity contribution < 1.29 is 26.8 Å². The second-order valence-electron chi connectivity index (χ2n) is 5.88. The highest BCUT2D eigenvalue weighted by Gasteiger charge is 2.21. The summed E-state index contributed by atoms with van der Waals surface area (Å²) >= 11 is 5.98. The summed E-state index contributed by atoms with van der Waals surface area (Å²) in [5, 5.41) is 2.79. The van der Waals surface area contributed by atoms with E-state index in [0.717, 1.165) is 12.1 Å². The normalized spacial score (nSPS) is 11.3. The molecule has 0 saturated carbocycles. The van der Waals surface area contributed by atoms with Crippen LogP contribution in [0.3, 0.4) is 0 Å². The molecule has 0 spiro atoms. The lowest BCUT2D eigenvalue weighted by Gasteiger charge is -2.14. The van der Waals surface area contributed by atoms with Gasteiger partial charge in [0.25, 0.3) is 15.9 Å². The molecule has 0 radical (unpaired) electrons. The van der Waals surface area contributed by atoms with Crippen molar-refractivity contribution in [2.24, 2.45) is 0 Å². The number of furan rings is 1. The minimum absolute atomic E-state index is 0.0000588. The maximum atomic E-state index is 13.9. The van der Waals surface area contributed by atoms with Crippen LogP contribution in [0.1, 0.15) is 16.3 Å². The van der Waals surface area contributed by atoms with E-state index < -0.39 is 26.6 Å². The SMILES string of the molecule is COCc1ccc(C(=O)Nc2cc(Cl)ccc2NS(=O)(=O)c2ccccc2F)o1. The van der Waals surface area contributed by atoms with Gasteiger partial charge in [0, 0.05) is 12.1 Å². The molecule has 0 fully saturated rings. The van der Waals surface area contributed by atoms with Crippen molar-refractivity contribution >= 4 is 38.9 Å². The van der Waals surface area contributed by atoms with Gasteiger partial charge in [0.15, 0.2) is 5.76 Å². The van der Waals surface area contributed by atoms with Gasteiger partial charge in [0.1, 0.15) is 23.1 Å². The zero-order chi connectivity index (χ0) is 21.0. The first kappa shape index (κ1) is 20.8. The number of carbonyl (C=O) groups is 1. The smallest absolute Gasteiger partial charge is 0.291 e. The van der Waals surface area contributed by atoms with E-state index in [4.69, 9.17) is 20.8 Å². The summed E-state index contributed by atoms with van der Waals surface area (Å²) in [4.78, 5) is 11.9. The molecule has 1 aromatic heterocycles. The number of amides is 1. The number of halogens is 2. The van der Waals surface area contributed by atoms with E-state index in [1.54, 1.807) is 6.07 Å². The summed E-state index contributed by atoms with van der Waals surface area (Å²) in [6, 6.07) is 12.1. The third-order valence-electron chi connectivity index (χ3n) is 3.77. The number of hydrogen-bond donors (Lipinski definition) is 2. The largest absolute Gasteiger partial charge is 0.453 e. The van der Waals surface area contributed by atoms with E-state index in [1.165, 1.54) is 43.5 Å². The van der Waals surface area contributed by atoms with Gasteiger partial charge in [-0.15, -0.1) is 0 Å². The standard InChI is InChI=1S/C19H16ClFN2O5S/c1-27-11-13-7-9-17(28-13)19(24)22-16-10-12(20)6-8-15(16)23-29(25,26)18-5-3-2-4-14(18)21/h2-10,23H,11H2,1H3,(H,22,24). The molecule has 0 aliphatic heterocycles. The topological polar surface area (TPSA) is 97.6 Å². The van der Waals surface area contributed by atoms with Crippen molar-refractivity contribution in [1.29, 1.82) is 0 Å². The van der Waals surface area contributed by atoms with Crippen LogP contribution in [0, 0.1) is 5.82 Å². The third kappa shape index (κ3) is 4.94. The van der Waals surface area contributed by atoms with Crippen LogP contribution in [0.5, 0.6) is 0 Å². The highest BCUT2D eigenvalue weighted by molar-refractivity contribution is 7.92. The van der Waals surface area contributed by atoms with Gasteiger partial charge in [-0.05, 0) is 42.5 Å². The van der Waals surface area contributed by atoms with Crippen molar-refractivity contribution in [2.45, 2.75) is 11.5 Å². The van der Waals surface area contributed by atoms with Gasteiger partial charge in [-0.3, -0.25) is 9.52 Å². The Balaban J connectivity index is 1.88. The lowest BCUT2D eigenvalue weighted by Crippen LogP contribution is -2.18. The fourth-order valence-electron chi connectivity index (χ4n) is 2.47. The summed E-state index contributed by atoms with van der Waals surface area (Å²) in [5.74, 6) is -1.08. The lowest BCUT2D eigenvalue weighted by atomic mass is 10.2. The predicted molar refractivity (Wildman–Crippen MR) is 106 cm³/mol. The van der Waals surface area contributed by atoms with Crippen molar-refractivity contribution in [2.75, 3.05) is 17.1 Å². The number of hydrogen-bond acceptors (Lipinski definition) is 5. The molecule has 2 aromatic carbocycles. The minimum Gasteiger partial charge on any atom is -0.453 e. The molecule has 0 unspecified atom stereocenters. The minimum atomic E-state index is -4.24.